The maximum atomic E-state index is 6.84. The molecule has 18 aromatic rings. The van der Waals surface area contributed by atoms with Gasteiger partial charge in [-0.2, -0.15) is 0 Å². The van der Waals surface area contributed by atoms with Crippen LogP contribution in [0, 0.1) is 27.7 Å². The van der Waals surface area contributed by atoms with E-state index in [0.29, 0.717) is 17.2 Å². The smallest absolute Gasteiger partial charge is 0.181 e. The van der Waals surface area contributed by atoms with Gasteiger partial charge in [-0.15, -0.1) is 0 Å². The quantitative estimate of drug-likeness (QED) is 0.106. The van der Waals surface area contributed by atoms with E-state index in [9.17, 15) is 0 Å². The second-order valence-corrected chi connectivity index (χ2v) is 36.4. The average Bonchev–Trinajstić information content (AvgIpc) is 1.53. The van der Waals surface area contributed by atoms with Crippen molar-refractivity contribution in [2.45, 2.75) is 52.7 Å². The summed E-state index contributed by atoms with van der Waals surface area (Å²) in [5, 5.41) is 7.88. The molecule has 0 saturated heterocycles. The number of hydrogen-bond acceptors (Lipinski definition) is 8. The van der Waals surface area contributed by atoms with Crippen LogP contribution in [0.4, 0.5) is 51.2 Å². The molecule has 6 nitrogen and oxygen atoms in total. The summed E-state index contributed by atoms with van der Waals surface area (Å²) in [5.41, 5.74) is 25.6. The Morgan fingerprint density at radius 3 is 1.36 bits per heavy atom. The molecular weight excluding hydrogens is 1470 g/mol. The van der Waals surface area contributed by atoms with Gasteiger partial charge in [-0.05, 0) is 256 Å². The molecule has 1 aliphatic carbocycles. The van der Waals surface area contributed by atoms with Crippen molar-refractivity contribution in [3.63, 3.8) is 0 Å². The van der Waals surface area contributed by atoms with E-state index in [1.165, 1.54) is 79.3 Å². The molecule has 0 radical (unpaired) electrons. The topological polar surface area (TPSA) is 41.3 Å². The molecule has 1 unspecified atom stereocenters. The first-order valence-electron chi connectivity index (χ1n) is 39.6. The summed E-state index contributed by atoms with van der Waals surface area (Å²) in [4.78, 5) is 12.4. The summed E-state index contributed by atoms with van der Waals surface area (Å²) in [5.74, 6) is 2.88. The minimum Gasteiger partial charge on any atom is -0.456 e. The lowest BCUT2D eigenvalue weighted by atomic mass is 9.67. The first-order valence-corrected chi connectivity index (χ1v) is 43.2. The average molecular weight is 1550 g/mol. The largest absolute Gasteiger partial charge is 0.456 e. The van der Waals surface area contributed by atoms with E-state index in [0.717, 1.165) is 107 Å². The van der Waals surface area contributed by atoms with Gasteiger partial charge < -0.3 is 28.6 Å². The molecule has 22 rings (SSSR count). The maximum absolute atomic E-state index is 6.84. The van der Waals surface area contributed by atoms with Crippen LogP contribution in [0.5, 0.6) is 23.0 Å². The van der Waals surface area contributed by atoms with Gasteiger partial charge in [0.2, 0.25) is 0 Å². The lowest BCUT2D eigenvalue weighted by Gasteiger charge is -2.35. The summed E-state index contributed by atoms with van der Waals surface area (Å²) < 4.78 is 20.0. The van der Waals surface area contributed by atoms with Gasteiger partial charge in [0.25, 0.3) is 0 Å². The Labute approximate surface area is 685 Å². The normalized spacial score (nSPS) is 14.0. The monoisotopic (exact) mass is 1540 g/mol. The van der Waals surface area contributed by atoms with E-state index < -0.39 is 13.5 Å². The summed E-state index contributed by atoms with van der Waals surface area (Å²) in [6, 6.07) is 144. The third-order valence-electron chi connectivity index (χ3n) is 23.4. The molecule has 0 amide bonds. The second kappa shape index (κ2) is 28.8. The molecule has 0 N–H and O–H groups in total. The summed E-state index contributed by atoms with van der Waals surface area (Å²) in [6.07, 6.45) is 0. The molecular formula is C107H77N3O3S2Si. The van der Waals surface area contributed by atoms with Crippen LogP contribution in [0.25, 0.3) is 44.2 Å². The Bertz CT molecular complexity index is 6650. The lowest BCUT2D eigenvalue weighted by molar-refractivity contribution is 0.360. The van der Waals surface area contributed by atoms with Gasteiger partial charge >= 0.3 is 0 Å². The molecule has 554 valence electrons. The van der Waals surface area contributed by atoms with E-state index in [2.05, 4.69) is 412 Å². The molecule has 1 atom stereocenters. The van der Waals surface area contributed by atoms with Crippen molar-refractivity contribution in [2.24, 2.45) is 0 Å². The minimum atomic E-state index is -2.86. The van der Waals surface area contributed by atoms with Crippen molar-refractivity contribution in [3.8, 4) is 45.3 Å². The van der Waals surface area contributed by atoms with Gasteiger partial charge in [0.15, 0.2) is 31.1 Å². The Balaban J connectivity index is 0.000000147. The fraction of sp³-hybridized carbons (Fsp3) is 0.0467. The fourth-order valence-corrected chi connectivity index (χ4v) is 25.9. The highest BCUT2D eigenvalue weighted by molar-refractivity contribution is 8.05. The number of ether oxygens (including phenoxy) is 2. The molecule has 116 heavy (non-hydrogen) atoms. The fourth-order valence-electron chi connectivity index (χ4n) is 18.2. The van der Waals surface area contributed by atoms with E-state index in [1.54, 1.807) is 0 Å². The first-order chi connectivity index (χ1) is 57.1. The van der Waals surface area contributed by atoms with Crippen LogP contribution in [-0.2, 0) is 5.41 Å². The van der Waals surface area contributed by atoms with E-state index in [1.807, 2.05) is 47.8 Å². The molecule has 4 aliphatic rings. The van der Waals surface area contributed by atoms with E-state index >= 15 is 0 Å². The standard InChI is InChI=1S/C59H46N2O2.C48H31NOS2Si/c1-39-19-27-45(28-20-39)60(49-13-9-11-41(3)37-49)47-31-23-43(24-32-47)59(44-25-33-48(34-26-44)61(46-29-21-40(2)22-30-46)50-14-10-12-42(4)38-50)52-16-6-5-15-51(52)57-53(59)35-36-56-58(57)63-55-18-8-7-17-54(55)62-56;1-3-13-32(14-4-1)49(33-15-5-2-6-16-33)34-23-25-35(26-24-34)53(36-27-28-38-37-17-7-9-19-40(37)50-41(38)31-36)45-22-12-8-18-39(45)47-46(53)30-29-44-48(47)52-43-21-11-10-20-42(43)51-44/h5-38H,1-4H3;1-31H. The molecule has 9 heteroatoms. The van der Waals surface area contributed by atoms with Crippen molar-refractivity contribution >= 4 is 125 Å². The number of furan rings is 1. The van der Waals surface area contributed by atoms with Crippen molar-refractivity contribution in [3.05, 3.63) is 439 Å². The van der Waals surface area contributed by atoms with Crippen molar-refractivity contribution in [1.29, 1.82) is 0 Å². The number of para-hydroxylation sites is 5. The maximum Gasteiger partial charge on any atom is 0.181 e. The minimum absolute atomic E-state index is 0.700. The summed E-state index contributed by atoms with van der Waals surface area (Å²) >= 11 is 3.82. The van der Waals surface area contributed by atoms with Gasteiger partial charge in [-0.3, -0.25) is 0 Å². The highest BCUT2D eigenvalue weighted by atomic mass is 32.2. The Hall–Kier alpha value is -13.5. The lowest BCUT2D eigenvalue weighted by Crippen LogP contribution is -2.72. The molecule has 4 heterocycles. The van der Waals surface area contributed by atoms with Gasteiger partial charge in [0.1, 0.15) is 11.2 Å². The molecule has 0 spiro atoms. The SMILES string of the molecule is Cc1ccc(N(c2ccc(C3(c4ccc(N(c5ccc(C)cc5)c5cccc(C)c5)cc4)c4ccccc4-c4c3ccc3c4Oc4ccccc4O3)cc2)c2cccc(C)c2)cc1.c1ccc(N(c2ccccc2)c2ccc([Si]3(c4ccc5c(c4)oc4ccccc45)c4ccccc4-c4c3ccc3c4Sc4ccccc4S3)cc2)cc1. The van der Waals surface area contributed by atoms with E-state index in [-0.39, 0.29) is 0 Å². The van der Waals surface area contributed by atoms with E-state index in [4.69, 9.17) is 13.9 Å². The number of rotatable bonds is 13. The Morgan fingerprint density at radius 1 is 0.276 bits per heavy atom. The van der Waals surface area contributed by atoms with Crippen LogP contribution < -0.4 is 44.9 Å². The second-order valence-electron chi connectivity index (χ2n) is 30.5. The van der Waals surface area contributed by atoms with Gasteiger partial charge in [0.05, 0.1) is 5.41 Å². The molecule has 0 saturated carbocycles. The van der Waals surface area contributed by atoms with Gasteiger partial charge in [-0.1, -0.05) is 271 Å². The third kappa shape index (κ3) is 11.8. The van der Waals surface area contributed by atoms with Crippen molar-refractivity contribution < 1.29 is 13.9 Å². The van der Waals surface area contributed by atoms with Crippen LogP contribution >= 0.6 is 23.5 Å². The zero-order chi connectivity index (χ0) is 77.6. The van der Waals surface area contributed by atoms with Crippen LogP contribution in [0.3, 0.4) is 0 Å². The number of fused-ring (bicyclic) bond motifs is 15. The van der Waals surface area contributed by atoms with Crippen molar-refractivity contribution in [2.75, 3.05) is 14.7 Å². The van der Waals surface area contributed by atoms with Gasteiger partial charge in [0, 0.05) is 87.1 Å². The van der Waals surface area contributed by atoms with Gasteiger partial charge in [-0.25, -0.2) is 0 Å². The van der Waals surface area contributed by atoms with Crippen LogP contribution in [0.2, 0.25) is 0 Å². The number of nitrogens with zero attached hydrogens (tertiary/aromatic N) is 3. The highest BCUT2D eigenvalue weighted by Gasteiger charge is 2.52. The van der Waals surface area contributed by atoms with Crippen molar-refractivity contribution in [1.82, 2.24) is 0 Å². The summed E-state index contributed by atoms with van der Waals surface area (Å²) in [6.45, 7) is 8.57. The number of hydrogen-bond donors (Lipinski definition) is 0. The predicted molar refractivity (Wildman–Crippen MR) is 484 cm³/mol. The van der Waals surface area contributed by atoms with Crippen LogP contribution in [0.15, 0.2) is 418 Å². The molecule has 0 bridgehead atoms. The van der Waals surface area contributed by atoms with Crippen LogP contribution in [-0.4, -0.2) is 8.07 Å². The first kappa shape index (κ1) is 70.3. The third-order valence-corrected chi connectivity index (χ3v) is 30.9. The molecule has 3 aliphatic heterocycles. The zero-order valence-electron chi connectivity index (χ0n) is 64.4. The van der Waals surface area contributed by atoms with Crippen LogP contribution in [0.1, 0.15) is 44.5 Å². The molecule has 1 aromatic heterocycles. The molecule has 17 aromatic carbocycles. The summed E-state index contributed by atoms with van der Waals surface area (Å²) in [7, 11) is -2.86. The number of anilines is 9. The number of aryl methyl sites for hydroxylation is 4. The Morgan fingerprint density at radius 2 is 0.750 bits per heavy atom. The highest BCUT2D eigenvalue weighted by Crippen LogP contribution is 2.63. The molecule has 0 fully saturated rings. The predicted octanol–water partition coefficient (Wildman–Crippen LogP) is 27.2. The Kier molecular flexibility index (Phi) is 17.5. The zero-order valence-corrected chi connectivity index (χ0v) is 67.0. The number of benzene rings is 17.